The topological polar surface area (TPSA) is 3.24 Å². The van der Waals surface area contributed by atoms with Gasteiger partial charge in [-0.3, -0.25) is 0 Å². The van der Waals surface area contributed by atoms with Gasteiger partial charge >= 0.3 is 0 Å². The lowest BCUT2D eigenvalue weighted by Gasteiger charge is -2.12. The quantitative estimate of drug-likeness (QED) is 0.696. The zero-order valence-corrected chi connectivity index (χ0v) is 9.35. The number of hydrogen-bond acceptors (Lipinski definition) is 1. The minimum absolute atomic E-state index is 1.00. The maximum Gasteiger partial charge on any atom is 0.0552 e. The molecule has 0 fully saturated rings. The lowest BCUT2D eigenvalue weighted by atomic mass is 9.93. The Balaban J connectivity index is 2.07. The van der Waals surface area contributed by atoms with Crippen molar-refractivity contribution < 1.29 is 0 Å². The van der Waals surface area contributed by atoms with Gasteiger partial charge in [-0.1, -0.05) is 48.5 Å². The van der Waals surface area contributed by atoms with Gasteiger partial charge in [0.15, 0.2) is 0 Å². The molecule has 1 nitrogen and oxygen atoms in total. The molecule has 1 heterocycles. The molecule has 0 saturated heterocycles. The third-order valence-electron chi connectivity index (χ3n) is 3.16. The van der Waals surface area contributed by atoms with Crippen molar-refractivity contribution in [2.45, 2.75) is 0 Å². The van der Waals surface area contributed by atoms with Gasteiger partial charge in [-0.2, -0.15) is 0 Å². The van der Waals surface area contributed by atoms with Gasteiger partial charge in [0.1, 0.15) is 0 Å². The molecule has 0 atom stereocenters. The molecule has 0 amide bonds. The Kier molecular flexibility index (Phi) is 2.17. The number of rotatable bonds is 1. The second kappa shape index (κ2) is 3.67. The molecule has 0 saturated carbocycles. The molecule has 16 heavy (non-hydrogen) atoms. The van der Waals surface area contributed by atoms with Gasteiger partial charge in [-0.15, -0.1) is 0 Å². The average Bonchev–Trinajstić information content (AvgIpc) is 2.69. The fraction of sp³-hybridized carbons (Fsp3) is 0.133. The predicted octanol–water partition coefficient (Wildman–Crippen LogP) is 3.11. The van der Waals surface area contributed by atoms with Gasteiger partial charge in [0.2, 0.25) is 0 Å². The molecule has 79 valence electrons. The van der Waals surface area contributed by atoms with E-state index in [2.05, 4.69) is 66.5 Å². The molecule has 2 aromatic rings. The SMILES string of the molecule is CN1C[C](c2ccccc2)c2ccccc21. The molecule has 2 aromatic carbocycles. The maximum atomic E-state index is 2.30. The van der Waals surface area contributed by atoms with Crippen LogP contribution in [-0.2, 0) is 0 Å². The van der Waals surface area contributed by atoms with Gasteiger partial charge in [-0.05, 0) is 17.2 Å². The van der Waals surface area contributed by atoms with Crippen LogP contribution < -0.4 is 4.90 Å². The van der Waals surface area contributed by atoms with Crippen molar-refractivity contribution in [2.24, 2.45) is 0 Å². The Morgan fingerprint density at radius 3 is 2.38 bits per heavy atom. The van der Waals surface area contributed by atoms with E-state index in [4.69, 9.17) is 0 Å². The molecule has 1 heteroatoms. The highest BCUT2D eigenvalue weighted by atomic mass is 15.1. The number of nitrogens with zero attached hydrogens (tertiary/aromatic N) is 1. The largest absolute Gasteiger partial charge is 0.373 e. The van der Waals surface area contributed by atoms with Gasteiger partial charge in [0, 0.05) is 19.3 Å². The molecule has 0 unspecified atom stereocenters. The molecule has 0 aliphatic carbocycles. The summed E-state index contributed by atoms with van der Waals surface area (Å²) in [6, 6.07) is 19.2. The van der Waals surface area contributed by atoms with Crippen molar-refractivity contribution in [2.75, 3.05) is 18.5 Å². The summed E-state index contributed by atoms with van der Waals surface area (Å²) in [6.45, 7) is 1.00. The molecular weight excluding hydrogens is 194 g/mol. The molecule has 0 spiro atoms. The smallest absolute Gasteiger partial charge is 0.0552 e. The minimum atomic E-state index is 1.00. The van der Waals surface area contributed by atoms with E-state index in [1.54, 1.807) is 0 Å². The van der Waals surface area contributed by atoms with Crippen molar-refractivity contribution in [1.82, 2.24) is 0 Å². The van der Waals surface area contributed by atoms with Crippen LogP contribution in [0.2, 0.25) is 0 Å². The van der Waals surface area contributed by atoms with Crippen LogP contribution in [0.1, 0.15) is 11.1 Å². The number of likely N-dealkylation sites (N-methyl/N-ethyl adjacent to an activating group) is 1. The molecule has 0 N–H and O–H groups in total. The summed E-state index contributed by atoms with van der Waals surface area (Å²) in [5.74, 6) is 1.43. The van der Waals surface area contributed by atoms with Crippen molar-refractivity contribution in [1.29, 1.82) is 0 Å². The summed E-state index contributed by atoms with van der Waals surface area (Å²) in [5.41, 5.74) is 4.04. The van der Waals surface area contributed by atoms with E-state index in [1.807, 2.05) is 0 Å². The third kappa shape index (κ3) is 1.40. The number of hydrogen-bond donors (Lipinski definition) is 0. The van der Waals surface area contributed by atoms with Crippen molar-refractivity contribution >= 4 is 5.69 Å². The molecule has 1 radical (unpaired) electrons. The Bertz CT molecular complexity index is 490. The first-order chi connectivity index (χ1) is 7.86. The Labute approximate surface area is 96.3 Å². The van der Waals surface area contributed by atoms with E-state index in [1.165, 1.54) is 22.7 Å². The standard InChI is InChI=1S/C15H14N/c1-16-11-14(12-7-3-2-4-8-12)13-9-5-6-10-15(13)16/h2-10H,11H2,1H3. The highest BCUT2D eigenvalue weighted by molar-refractivity contribution is 5.69. The van der Waals surface area contributed by atoms with Crippen LogP contribution in [0.5, 0.6) is 0 Å². The van der Waals surface area contributed by atoms with E-state index in [9.17, 15) is 0 Å². The average molecular weight is 208 g/mol. The molecule has 0 bridgehead atoms. The normalized spacial score (nSPS) is 15.2. The summed E-state index contributed by atoms with van der Waals surface area (Å²) < 4.78 is 0. The zero-order valence-electron chi connectivity index (χ0n) is 9.35. The van der Waals surface area contributed by atoms with Crippen LogP contribution in [0, 0.1) is 5.92 Å². The minimum Gasteiger partial charge on any atom is -0.373 e. The first kappa shape index (κ1) is 9.46. The van der Waals surface area contributed by atoms with Crippen molar-refractivity contribution in [3.8, 4) is 0 Å². The lowest BCUT2D eigenvalue weighted by Crippen LogP contribution is -2.16. The number of fused-ring (bicyclic) bond motifs is 1. The van der Waals surface area contributed by atoms with Gasteiger partial charge in [-0.25, -0.2) is 0 Å². The van der Waals surface area contributed by atoms with Crippen molar-refractivity contribution in [3.05, 3.63) is 71.6 Å². The van der Waals surface area contributed by atoms with E-state index in [0.717, 1.165) is 6.54 Å². The molecule has 1 aliphatic rings. The maximum absolute atomic E-state index is 2.30. The highest BCUT2D eigenvalue weighted by Gasteiger charge is 2.27. The van der Waals surface area contributed by atoms with Gasteiger partial charge in [0.05, 0.1) is 5.92 Å². The number of anilines is 1. The molecule has 0 aromatic heterocycles. The zero-order chi connectivity index (χ0) is 11.0. The summed E-state index contributed by atoms with van der Waals surface area (Å²) >= 11 is 0. The van der Waals surface area contributed by atoms with Crippen LogP contribution in [0.25, 0.3) is 0 Å². The fourth-order valence-corrected chi connectivity index (χ4v) is 2.36. The third-order valence-corrected chi connectivity index (χ3v) is 3.16. The second-order valence-corrected chi connectivity index (χ2v) is 4.22. The Morgan fingerprint density at radius 2 is 1.56 bits per heavy atom. The molecule has 3 rings (SSSR count). The Morgan fingerprint density at radius 1 is 0.875 bits per heavy atom. The summed E-state index contributed by atoms with van der Waals surface area (Å²) in [5, 5.41) is 0. The lowest BCUT2D eigenvalue weighted by molar-refractivity contribution is 0.996. The fourth-order valence-electron chi connectivity index (χ4n) is 2.36. The van der Waals surface area contributed by atoms with E-state index < -0.39 is 0 Å². The molecular formula is C15H14N. The summed E-state index contributed by atoms with van der Waals surface area (Å²) in [4.78, 5) is 2.30. The van der Waals surface area contributed by atoms with Crippen LogP contribution in [0.15, 0.2) is 54.6 Å². The first-order valence-electron chi connectivity index (χ1n) is 5.58. The van der Waals surface area contributed by atoms with Gasteiger partial charge < -0.3 is 4.90 Å². The number of para-hydroxylation sites is 1. The molecule has 1 aliphatic heterocycles. The van der Waals surface area contributed by atoms with Crippen LogP contribution >= 0.6 is 0 Å². The first-order valence-corrected chi connectivity index (χ1v) is 5.58. The monoisotopic (exact) mass is 208 g/mol. The van der Waals surface area contributed by atoms with Crippen LogP contribution in [0.4, 0.5) is 5.69 Å². The van der Waals surface area contributed by atoms with Crippen LogP contribution in [0.3, 0.4) is 0 Å². The highest BCUT2D eigenvalue weighted by Crippen LogP contribution is 2.37. The van der Waals surface area contributed by atoms with E-state index in [0.29, 0.717) is 0 Å². The predicted molar refractivity (Wildman–Crippen MR) is 67.6 cm³/mol. The summed E-state index contributed by atoms with van der Waals surface area (Å²) in [6.07, 6.45) is 0. The summed E-state index contributed by atoms with van der Waals surface area (Å²) in [7, 11) is 2.15. The van der Waals surface area contributed by atoms with Crippen LogP contribution in [-0.4, -0.2) is 13.6 Å². The van der Waals surface area contributed by atoms with Crippen molar-refractivity contribution in [3.63, 3.8) is 0 Å². The Hall–Kier alpha value is -1.76. The number of benzene rings is 2. The van der Waals surface area contributed by atoms with Gasteiger partial charge in [0.25, 0.3) is 0 Å². The van der Waals surface area contributed by atoms with E-state index >= 15 is 0 Å². The van der Waals surface area contributed by atoms with E-state index in [-0.39, 0.29) is 0 Å². The second-order valence-electron chi connectivity index (χ2n) is 4.22.